The lowest BCUT2D eigenvalue weighted by Crippen LogP contribution is -2.08. The molecule has 0 aliphatic carbocycles. The van der Waals surface area contributed by atoms with E-state index in [-0.39, 0.29) is 5.97 Å². The maximum absolute atomic E-state index is 12.1. The van der Waals surface area contributed by atoms with Crippen molar-refractivity contribution in [2.24, 2.45) is 0 Å². The molecular weight excluding hydrogens is 390 g/mol. The molecule has 142 valence electrons. The van der Waals surface area contributed by atoms with Crippen LogP contribution >= 0.6 is 23.8 Å². The van der Waals surface area contributed by atoms with E-state index >= 15 is 0 Å². The fourth-order valence-corrected chi connectivity index (χ4v) is 3.62. The molecule has 0 aromatic heterocycles. The van der Waals surface area contributed by atoms with Gasteiger partial charge in [-0.2, -0.15) is 0 Å². The van der Waals surface area contributed by atoms with Crippen LogP contribution in [0.25, 0.3) is 0 Å². The van der Waals surface area contributed by atoms with Gasteiger partial charge in [0.25, 0.3) is 0 Å². The van der Waals surface area contributed by atoms with E-state index in [0.717, 1.165) is 22.4 Å². The summed E-state index contributed by atoms with van der Waals surface area (Å²) in [6.07, 6.45) is 0. The van der Waals surface area contributed by atoms with E-state index < -0.39 is 0 Å². The molecule has 3 rings (SSSR count). The fraction of sp³-hybridized carbons (Fsp3) is 0.130. The quantitative estimate of drug-likeness (QED) is 0.293. The first-order chi connectivity index (χ1) is 13.5. The summed E-state index contributed by atoms with van der Waals surface area (Å²) in [5, 5.41) is 3.79. The highest BCUT2D eigenvalue weighted by molar-refractivity contribution is 7.81. The van der Waals surface area contributed by atoms with E-state index in [4.69, 9.17) is 28.6 Å². The average Bonchev–Trinajstić information content (AvgIpc) is 2.68. The standard InChI is InChI=1S/C23H20ClNO2S/c1-3-27-23(26)19-10-6-7-11-21(19)25-16-12-13-18(20(24)14-16)22(28)17-9-5-4-8-15(17)2/h4-14,25H,3H2,1-2H3. The van der Waals surface area contributed by atoms with Gasteiger partial charge in [-0.1, -0.05) is 60.2 Å². The van der Waals surface area contributed by atoms with Crippen LogP contribution < -0.4 is 5.32 Å². The van der Waals surface area contributed by atoms with Crippen molar-refractivity contribution in [1.82, 2.24) is 0 Å². The van der Waals surface area contributed by atoms with Crippen molar-refractivity contribution in [1.29, 1.82) is 0 Å². The van der Waals surface area contributed by atoms with Gasteiger partial charge >= 0.3 is 5.97 Å². The number of halogens is 1. The third-order valence-corrected chi connectivity index (χ3v) is 5.06. The summed E-state index contributed by atoms with van der Waals surface area (Å²) >= 11 is 12.2. The van der Waals surface area contributed by atoms with Crippen LogP contribution in [0.3, 0.4) is 0 Å². The van der Waals surface area contributed by atoms with Crippen LogP contribution in [0, 0.1) is 6.92 Å². The molecule has 0 fully saturated rings. The highest BCUT2D eigenvalue weighted by atomic mass is 35.5. The Morgan fingerprint density at radius 3 is 2.36 bits per heavy atom. The molecule has 0 amide bonds. The van der Waals surface area contributed by atoms with Crippen molar-refractivity contribution in [3.63, 3.8) is 0 Å². The zero-order valence-electron chi connectivity index (χ0n) is 15.7. The van der Waals surface area contributed by atoms with Crippen LogP contribution in [-0.4, -0.2) is 17.4 Å². The second-order valence-corrected chi connectivity index (χ2v) is 7.05. The Balaban J connectivity index is 1.87. The van der Waals surface area contributed by atoms with Crippen molar-refractivity contribution in [3.8, 4) is 0 Å². The Morgan fingerprint density at radius 2 is 1.68 bits per heavy atom. The normalized spacial score (nSPS) is 10.4. The monoisotopic (exact) mass is 409 g/mol. The molecule has 0 bridgehead atoms. The Hall–Kier alpha value is -2.69. The number of aryl methyl sites for hydroxylation is 1. The first-order valence-electron chi connectivity index (χ1n) is 8.94. The molecule has 0 aliphatic heterocycles. The lowest BCUT2D eigenvalue weighted by molar-refractivity contribution is 0.0527. The Kier molecular flexibility index (Phi) is 6.45. The van der Waals surface area contributed by atoms with Crippen molar-refractivity contribution < 1.29 is 9.53 Å². The van der Waals surface area contributed by atoms with Crippen LogP contribution in [0.1, 0.15) is 34.0 Å². The smallest absolute Gasteiger partial charge is 0.340 e. The molecule has 3 aromatic rings. The van der Waals surface area contributed by atoms with Crippen LogP contribution in [0.2, 0.25) is 5.02 Å². The molecule has 3 nitrogen and oxygen atoms in total. The summed E-state index contributed by atoms with van der Waals surface area (Å²) in [4.78, 5) is 12.9. The van der Waals surface area contributed by atoms with Crippen molar-refractivity contribution in [3.05, 3.63) is 94.0 Å². The maximum atomic E-state index is 12.1. The number of hydrogen-bond donors (Lipinski definition) is 1. The summed E-state index contributed by atoms with van der Waals surface area (Å²) in [5.41, 5.74) is 4.79. The number of esters is 1. The lowest BCUT2D eigenvalue weighted by atomic mass is 10.00. The summed E-state index contributed by atoms with van der Waals surface area (Å²) in [5.74, 6) is -0.367. The number of ether oxygens (including phenoxy) is 1. The highest BCUT2D eigenvalue weighted by Crippen LogP contribution is 2.28. The largest absolute Gasteiger partial charge is 0.462 e. The van der Waals surface area contributed by atoms with Gasteiger partial charge in [0.05, 0.1) is 27.7 Å². The number of hydrogen-bond acceptors (Lipinski definition) is 4. The summed E-state index contributed by atoms with van der Waals surface area (Å²) in [7, 11) is 0. The lowest BCUT2D eigenvalue weighted by Gasteiger charge is -2.14. The number of thiocarbonyl (C=S) groups is 1. The van der Waals surface area contributed by atoms with Crippen LogP contribution in [-0.2, 0) is 4.74 Å². The van der Waals surface area contributed by atoms with Gasteiger partial charge in [0.2, 0.25) is 0 Å². The van der Waals surface area contributed by atoms with Crippen molar-refractivity contribution in [2.75, 3.05) is 11.9 Å². The van der Waals surface area contributed by atoms with E-state index in [2.05, 4.69) is 5.32 Å². The fourth-order valence-electron chi connectivity index (χ4n) is 2.88. The van der Waals surface area contributed by atoms with E-state index in [0.29, 0.717) is 27.7 Å². The van der Waals surface area contributed by atoms with Gasteiger partial charge in [0, 0.05) is 11.3 Å². The second kappa shape index (κ2) is 9.00. The van der Waals surface area contributed by atoms with Gasteiger partial charge in [-0.05, 0) is 55.3 Å². The first kappa shape index (κ1) is 20.1. The topological polar surface area (TPSA) is 38.3 Å². The van der Waals surface area contributed by atoms with Crippen molar-refractivity contribution in [2.45, 2.75) is 13.8 Å². The zero-order valence-corrected chi connectivity index (χ0v) is 17.2. The Bertz CT molecular complexity index is 1030. The maximum Gasteiger partial charge on any atom is 0.340 e. The molecule has 0 saturated heterocycles. The summed E-state index contributed by atoms with van der Waals surface area (Å²) < 4.78 is 5.12. The number of carbonyl (C=O) groups is 1. The summed E-state index contributed by atoms with van der Waals surface area (Å²) in [6, 6.07) is 20.8. The van der Waals surface area contributed by atoms with Crippen LogP contribution in [0.15, 0.2) is 66.7 Å². The van der Waals surface area contributed by atoms with E-state index in [1.807, 2.05) is 61.5 Å². The molecular formula is C23H20ClNO2S. The predicted octanol–water partition coefficient (Wildman–Crippen LogP) is 6.34. The second-order valence-electron chi connectivity index (χ2n) is 6.23. The molecule has 1 N–H and O–H groups in total. The molecule has 0 atom stereocenters. The molecule has 28 heavy (non-hydrogen) atoms. The number of anilines is 2. The summed E-state index contributed by atoms with van der Waals surface area (Å²) in [6.45, 7) is 4.13. The van der Waals surface area contributed by atoms with E-state index in [1.165, 1.54) is 0 Å². The highest BCUT2D eigenvalue weighted by Gasteiger charge is 2.14. The SMILES string of the molecule is CCOC(=O)c1ccccc1Nc1ccc(C(=S)c2ccccc2C)c(Cl)c1. The minimum Gasteiger partial charge on any atom is -0.462 e. The minimum atomic E-state index is -0.367. The first-order valence-corrected chi connectivity index (χ1v) is 9.73. The number of benzene rings is 3. The van der Waals surface area contributed by atoms with Gasteiger partial charge < -0.3 is 10.1 Å². The van der Waals surface area contributed by atoms with Gasteiger partial charge in [0.15, 0.2) is 0 Å². The number of carbonyl (C=O) groups excluding carboxylic acids is 1. The molecule has 0 radical (unpaired) electrons. The van der Waals surface area contributed by atoms with Gasteiger partial charge in [0.1, 0.15) is 0 Å². The van der Waals surface area contributed by atoms with E-state index in [9.17, 15) is 4.79 Å². The van der Waals surface area contributed by atoms with Gasteiger partial charge in [-0.15, -0.1) is 0 Å². The average molecular weight is 410 g/mol. The van der Waals surface area contributed by atoms with Gasteiger partial charge in [-0.3, -0.25) is 0 Å². The third-order valence-electron chi connectivity index (χ3n) is 4.30. The third kappa shape index (κ3) is 4.41. The minimum absolute atomic E-state index is 0.323. The molecule has 0 unspecified atom stereocenters. The molecule has 0 aliphatic rings. The Labute approximate surface area is 175 Å². The molecule has 5 heteroatoms. The molecule has 0 spiro atoms. The zero-order chi connectivity index (χ0) is 20.1. The molecule has 0 saturated carbocycles. The number of nitrogens with one attached hydrogen (secondary N) is 1. The van der Waals surface area contributed by atoms with Gasteiger partial charge in [-0.25, -0.2) is 4.79 Å². The molecule has 3 aromatic carbocycles. The predicted molar refractivity (Wildman–Crippen MR) is 119 cm³/mol. The van der Waals surface area contributed by atoms with Crippen LogP contribution in [0.5, 0.6) is 0 Å². The van der Waals surface area contributed by atoms with Crippen LogP contribution in [0.4, 0.5) is 11.4 Å². The number of rotatable bonds is 6. The molecule has 0 heterocycles. The van der Waals surface area contributed by atoms with Crippen molar-refractivity contribution >= 4 is 46.0 Å². The number of para-hydroxylation sites is 1. The Morgan fingerprint density at radius 1 is 1.00 bits per heavy atom. The van der Waals surface area contributed by atoms with E-state index in [1.54, 1.807) is 19.1 Å².